The Bertz CT molecular complexity index is 533. The Morgan fingerprint density at radius 3 is 2.17 bits per heavy atom. The molecule has 0 heterocycles. The third kappa shape index (κ3) is 2.56. The van der Waals surface area contributed by atoms with E-state index in [-0.39, 0.29) is 17.7 Å². The molecule has 5 aliphatic carbocycles. The Balaban J connectivity index is 1.52. The maximum Gasteiger partial charge on any atom is 0.310 e. The van der Waals surface area contributed by atoms with Gasteiger partial charge in [0, 0.05) is 6.42 Å². The molecular weight excluding hydrogens is 288 g/mol. The summed E-state index contributed by atoms with van der Waals surface area (Å²) in [7, 11) is 0. The van der Waals surface area contributed by atoms with Crippen molar-refractivity contribution in [3.63, 3.8) is 0 Å². The van der Waals surface area contributed by atoms with Gasteiger partial charge in [-0.25, -0.2) is 0 Å². The van der Waals surface area contributed by atoms with Gasteiger partial charge in [-0.1, -0.05) is 11.6 Å². The number of ketones is 1. The normalized spacial score (nSPS) is 44.8. The van der Waals surface area contributed by atoms with Crippen LogP contribution in [0.25, 0.3) is 0 Å². The van der Waals surface area contributed by atoms with Crippen LogP contribution in [0.15, 0.2) is 11.6 Å². The lowest BCUT2D eigenvalue weighted by molar-refractivity contribution is -0.182. The van der Waals surface area contributed by atoms with E-state index in [1.165, 1.54) is 37.7 Å². The van der Waals surface area contributed by atoms with Crippen LogP contribution in [0.2, 0.25) is 0 Å². The molecule has 0 aromatic carbocycles. The molecule has 5 rings (SSSR count). The Hall–Kier alpha value is -1.12. The molecule has 23 heavy (non-hydrogen) atoms. The second-order valence-electron chi connectivity index (χ2n) is 8.68. The molecule has 3 heteroatoms. The number of ether oxygens (including phenoxy) is 1. The van der Waals surface area contributed by atoms with Crippen LogP contribution in [-0.4, -0.2) is 17.4 Å². The van der Waals surface area contributed by atoms with Crippen molar-refractivity contribution < 1.29 is 14.3 Å². The fourth-order valence-corrected chi connectivity index (χ4v) is 6.00. The van der Waals surface area contributed by atoms with Crippen LogP contribution in [-0.2, 0) is 14.3 Å². The first-order valence-corrected chi connectivity index (χ1v) is 9.36. The number of esters is 1. The molecule has 4 bridgehead atoms. The van der Waals surface area contributed by atoms with E-state index in [0.717, 1.165) is 18.3 Å². The molecule has 0 aromatic rings. The highest BCUT2D eigenvalue weighted by Gasteiger charge is 2.53. The van der Waals surface area contributed by atoms with E-state index in [4.69, 9.17) is 4.74 Å². The van der Waals surface area contributed by atoms with E-state index in [9.17, 15) is 9.59 Å². The molecule has 0 aliphatic heterocycles. The Kier molecular flexibility index (Phi) is 3.66. The first-order chi connectivity index (χ1) is 11.0. The fourth-order valence-electron chi connectivity index (χ4n) is 6.00. The standard InChI is InChI=1S/C20H28O3/c1-12-3-5-20(6-4-12,13(2)21)23-19(22)18-16-8-14-7-15(10-16)11-17(18)9-14/h3,14-18H,4-11H2,1-2H3. The van der Waals surface area contributed by atoms with Gasteiger partial charge in [0.2, 0.25) is 0 Å². The van der Waals surface area contributed by atoms with E-state index in [2.05, 4.69) is 13.0 Å². The summed E-state index contributed by atoms with van der Waals surface area (Å²) in [4.78, 5) is 25.2. The maximum absolute atomic E-state index is 13.0. The average Bonchev–Trinajstić information content (AvgIpc) is 2.48. The van der Waals surface area contributed by atoms with E-state index < -0.39 is 5.60 Å². The number of carbonyl (C=O) groups excluding carboxylic acids is 2. The Morgan fingerprint density at radius 1 is 1.09 bits per heavy atom. The molecule has 5 aliphatic rings. The van der Waals surface area contributed by atoms with E-state index in [0.29, 0.717) is 24.7 Å². The third-order valence-electron chi connectivity index (χ3n) is 7.14. The minimum atomic E-state index is -0.884. The zero-order chi connectivity index (χ0) is 16.2. The van der Waals surface area contributed by atoms with Gasteiger partial charge in [0.1, 0.15) is 0 Å². The van der Waals surface area contributed by atoms with Gasteiger partial charge in [-0.2, -0.15) is 0 Å². The lowest BCUT2D eigenvalue weighted by atomic mass is 9.52. The molecule has 0 N–H and O–H groups in total. The van der Waals surface area contributed by atoms with E-state index >= 15 is 0 Å². The molecule has 0 amide bonds. The first kappa shape index (κ1) is 15.4. The van der Waals surface area contributed by atoms with Crippen LogP contribution < -0.4 is 0 Å². The van der Waals surface area contributed by atoms with Crippen LogP contribution >= 0.6 is 0 Å². The van der Waals surface area contributed by atoms with Gasteiger partial charge in [-0.05, 0) is 82.5 Å². The molecule has 0 spiro atoms. The van der Waals surface area contributed by atoms with Crippen molar-refractivity contribution in [2.24, 2.45) is 29.6 Å². The third-order valence-corrected chi connectivity index (χ3v) is 7.14. The maximum atomic E-state index is 13.0. The molecular formula is C20H28O3. The summed E-state index contributed by atoms with van der Waals surface area (Å²) >= 11 is 0. The highest BCUT2D eigenvalue weighted by atomic mass is 16.6. The number of hydrogen-bond donors (Lipinski definition) is 0. The van der Waals surface area contributed by atoms with Crippen molar-refractivity contribution in [2.45, 2.75) is 70.8 Å². The predicted molar refractivity (Wildman–Crippen MR) is 87.6 cm³/mol. The SMILES string of the molecule is CC(=O)C1(OC(=O)C2C3CC4CC(C3)CC2C4)CC=C(C)CC1. The topological polar surface area (TPSA) is 43.4 Å². The van der Waals surface area contributed by atoms with Crippen molar-refractivity contribution in [3.8, 4) is 0 Å². The highest BCUT2D eigenvalue weighted by Crippen LogP contribution is 2.57. The number of allylic oxidation sites excluding steroid dienone is 1. The zero-order valence-electron chi connectivity index (χ0n) is 14.3. The lowest BCUT2D eigenvalue weighted by Gasteiger charge is -2.53. The summed E-state index contributed by atoms with van der Waals surface area (Å²) in [6.07, 6.45) is 10.4. The van der Waals surface area contributed by atoms with Crippen LogP contribution in [0, 0.1) is 29.6 Å². The van der Waals surface area contributed by atoms with Crippen LogP contribution in [0.4, 0.5) is 0 Å². The second-order valence-corrected chi connectivity index (χ2v) is 8.68. The molecule has 126 valence electrons. The Labute approximate surface area is 138 Å². The molecule has 1 atom stereocenters. The monoisotopic (exact) mass is 316 g/mol. The number of carbonyl (C=O) groups is 2. The van der Waals surface area contributed by atoms with Crippen molar-refractivity contribution in [3.05, 3.63) is 11.6 Å². The van der Waals surface area contributed by atoms with Gasteiger partial charge in [-0.3, -0.25) is 9.59 Å². The summed E-state index contributed by atoms with van der Waals surface area (Å²) in [6.45, 7) is 3.67. The fraction of sp³-hybridized carbons (Fsp3) is 0.800. The summed E-state index contributed by atoms with van der Waals surface area (Å²) in [5.74, 6) is 2.74. The van der Waals surface area contributed by atoms with Crippen molar-refractivity contribution in [2.75, 3.05) is 0 Å². The molecule has 3 nitrogen and oxygen atoms in total. The van der Waals surface area contributed by atoms with E-state index in [1.807, 2.05) is 0 Å². The molecule has 4 saturated carbocycles. The van der Waals surface area contributed by atoms with Crippen molar-refractivity contribution in [1.29, 1.82) is 0 Å². The van der Waals surface area contributed by atoms with Crippen molar-refractivity contribution in [1.82, 2.24) is 0 Å². The quantitative estimate of drug-likeness (QED) is 0.582. The average molecular weight is 316 g/mol. The summed E-state index contributed by atoms with van der Waals surface area (Å²) in [5.41, 5.74) is 0.415. The Morgan fingerprint density at radius 2 is 1.70 bits per heavy atom. The summed E-state index contributed by atoms with van der Waals surface area (Å²) in [5, 5.41) is 0. The largest absolute Gasteiger partial charge is 0.450 e. The van der Waals surface area contributed by atoms with Gasteiger partial charge in [0.25, 0.3) is 0 Å². The minimum Gasteiger partial charge on any atom is -0.450 e. The number of Topliss-reactive ketones (excluding diaryl/α,β-unsaturated/α-hetero) is 1. The first-order valence-electron chi connectivity index (χ1n) is 9.36. The molecule has 0 aromatic heterocycles. The smallest absolute Gasteiger partial charge is 0.310 e. The van der Waals surface area contributed by atoms with Gasteiger partial charge in [0.05, 0.1) is 5.92 Å². The lowest BCUT2D eigenvalue weighted by Crippen LogP contribution is -2.51. The van der Waals surface area contributed by atoms with Crippen LogP contribution in [0.1, 0.15) is 65.2 Å². The molecule has 1 unspecified atom stereocenters. The number of rotatable bonds is 3. The van der Waals surface area contributed by atoms with Crippen molar-refractivity contribution >= 4 is 11.8 Å². The summed E-state index contributed by atoms with van der Waals surface area (Å²) < 4.78 is 5.98. The molecule has 0 radical (unpaired) electrons. The van der Waals surface area contributed by atoms with Gasteiger partial charge >= 0.3 is 5.97 Å². The number of hydrogen-bond acceptors (Lipinski definition) is 3. The molecule has 4 fully saturated rings. The van der Waals surface area contributed by atoms with Gasteiger partial charge in [-0.15, -0.1) is 0 Å². The highest BCUT2D eigenvalue weighted by molar-refractivity contribution is 5.88. The van der Waals surface area contributed by atoms with Crippen LogP contribution in [0.5, 0.6) is 0 Å². The zero-order valence-corrected chi connectivity index (χ0v) is 14.3. The van der Waals surface area contributed by atoms with Crippen LogP contribution in [0.3, 0.4) is 0 Å². The molecule has 0 saturated heterocycles. The predicted octanol–water partition coefficient (Wildman–Crippen LogP) is 4.06. The van der Waals surface area contributed by atoms with Gasteiger partial charge < -0.3 is 4.74 Å². The minimum absolute atomic E-state index is 0.0124. The second kappa shape index (κ2) is 5.46. The van der Waals surface area contributed by atoms with Gasteiger partial charge in [0.15, 0.2) is 11.4 Å². The summed E-state index contributed by atoms with van der Waals surface area (Å²) in [6, 6.07) is 0. The van der Waals surface area contributed by atoms with E-state index in [1.54, 1.807) is 6.92 Å².